The molecule has 23 heavy (non-hydrogen) atoms. The fourth-order valence-corrected chi connectivity index (χ4v) is 3.54. The van der Waals surface area contributed by atoms with Gasteiger partial charge in [0.15, 0.2) is 0 Å². The van der Waals surface area contributed by atoms with E-state index >= 15 is 0 Å². The fraction of sp³-hybridized carbons (Fsp3) is 0.667. The third kappa shape index (κ3) is 4.67. The Morgan fingerprint density at radius 2 is 2.22 bits per heavy atom. The van der Waals surface area contributed by atoms with Crippen molar-refractivity contribution in [3.8, 4) is 0 Å². The Balaban J connectivity index is 1.30. The van der Waals surface area contributed by atoms with Crippen molar-refractivity contribution in [2.75, 3.05) is 31.5 Å². The zero-order valence-corrected chi connectivity index (χ0v) is 13.8. The predicted molar refractivity (Wildman–Crippen MR) is 90.8 cm³/mol. The molecule has 126 valence electrons. The summed E-state index contributed by atoms with van der Waals surface area (Å²) in [5.74, 6) is 1.17. The zero-order chi connectivity index (χ0) is 16.1. The Labute approximate surface area is 138 Å². The van der Waals surface area contributed by atoms with Gasteiger partial charge in [0.1, 0.15) is 5.82 Å². The van der Waals surface area contributed by atoms with Gasteiger partial charge in [-0.15, -0.1) is 0 Å². The van der Waals surface area contributed by atoms with Crippen LogP contribution in [0.5, 0.6) is 0 Å². The van der Waals surface area contributed by atoms with Gasteiger partial charge in [0, 0.05) is 31.9 Å². The maximum absolute atomic E-state index is 10.5. The molecule has 1 aromatic heterocycles. The molecule has 0 aromatic carbocycles. The maximum Gasteiger partial charge on any atom is 0.304 e. The van der Waals surface area contributed by atoms with Gasteiger partial charge in [-0.05, 0) is 49.7 Å². The molecule has 1 saturated heterocycles. The van der Waals surface area contributed by atoms with Crippen LogP contribution in [0.1, 0.15) is 43.4 Å². The average molecular weight is 317 g/mol. The summed E-state index contributed by atoms with van der Waals surface area (Å²) in [6, 6.07) is 4.42. The first-order valence-electron chi connectivity index (χ1n) is 8.87. The molecular weight excluding hydrogens is 290 g/mol. The molecule has 0 saturated carbocycles. The lowest BCUT2D eigenvalue weighted by Gasteiger charge is -2.39. The van der Waals surface area contributed by atoms with Crippen LogP contribution >= 0.6 is 0 Å². The van der Waals surface area contributed by atoms with Crippen LogP contribution in [-0.4, -0.2) is 47.1 Å². The summed E-state index contributed by atoms with van der Waals surface area (Å²) in [5, 5.41) is 12.1. The number of likely N-dealkylation sites (tertiary alicyclic amines) is 1. The number of aliphatic carboxylic acids is 1. The molecule has 3 heterocycles. The summed E-state index contributed by atoms with van der Waals surface area (Å²) >= 11 is 0. The Morgan fingerprint density at radius 1 is 1.35 bits per heavy atom. The maximum atomic E-state index is 10.5. The minimum absolute atomic E-state index is 0.269. The van der Waals surface area contributed by atoms with Gasteiger partial charge in [0.25, 0.3) is 0 Å². The van der Waals surface area contributed by atoms with Crippen molar-refractivity contribution in [3.63, 3.8) is 0 Å². The summed E-state index contributed by atoms with van der Waals surface area (Å²) in [7, 11) is 0. The van der Waals surface area contributed by atoms with Crippen molar-refractivity contribution < 1.29 is 9.90 Å². The number of pyridine rings is 1. The van der Waals surface area contributed by atoms with E-state index in [1.807, 2.05) is 0 Å². The zero-order valence-electron chi connectivity index (χ0n) is 13.8. The molecule has 0 aliphatic carbocycles. The number of carbonyl (C=O) groups is 1. The summed E-state index contributed by atoms with van der Waals surface area (Å²) in [5.41, 5.74) is 2.56. The lowest BCUT2D eigenvalue weighted by molar-refractivity contribution is -0.137. The monoisotopic (exact) mass is 317 g/mol. The van der Waals surface area contributed by atoms with Gasteiger partial charge >= 0.3 is 5.97 Å². The number of carboxylic acids is 1. The number of fused-ring (bicyclic) bond motifs is 1. The lowest BCUT2D eigenvalue weighted by atomic mass is 9.93. The molecule has 0 amide bonds. The molecule has 5 heteroatoms. The quantitative estimate of drug-likeness (QED) is 0.721. The van der Waals surface area contributed by atoms with Gasteiger partial charge in [0.05, 0.1) is 6.42 Å². The number of hydrogen-bond donors (Lipinski definition) is 2. The molecule has 0 bridgehead atoms. The first-order chi connectivity index (χ1) is 11.2. The van der Waals surface area contributed by atoms with Crippen LogP contribution in [0.2, 0.25) is 0 Å². The van der Waals surface area contributed by atoms with Crippen molar-refractivity contribution in [1.29, 1.82) is 0 Å². The van der Waals surface area contributed by atoms with Gasteiger partial charge in [-0.2, -0.15) is 0 Å². The first-order valence-corrected chi connectivity index (χ1v) is 8.87. The first kappa shape index (κ1) is 16.2. The molecular formula is C18H27N3O2. The Kier molecular flexibility index (Phi) is 5.49. The number of aryl methyl sites for hydroxylation is 2. The fourth-order valence-electron chi connectivity index (χ4n) is 3.54. The molecule has 5 nitrogen and oxygen atoms in total. The van der Waals surface area contributed by atoms with E-state index in [9.17, 15) is 4.79 Å². The second kappa shape index (κ2) is 7.77. The van der Waals surface area contributed by atoms with E-state index in [1.54, 1.807) is 0 Å². The number of aromatic nitrogens is 1. The highest BCUT2D eigenvalue weighted by molar-refractivity contribution is 5.66. The lowest BCUT2D eigenvalue weighted by Crippen LogP contribution is -2.47. The smallest absolute Gasteiger partial charge is 0.304 e. The van der Waals surface area contributed by atoms with Crippen molar-refractivity contribution in [3.05, 3.63) is 23.4 Å². The topological polar surface area (TPSA) is 65.5 Å². The number of hydrogen-bond acceptors (Lipinski definition) is 4. The second-order valence-electron chi connectivity index (χ2n) is 6.86. The summed E-state index contributed by atoms with van der Waals surface area (Å²) in [6.07, 6.45) is 7.37. The average Bonchev–Trinajstić information content (AvgIpc) is 2.51. The Morgan fingerprint density at radius 3 is 3.04 bits per heavy atom. The SMILES string of the molecule is O=C(O)CCN1CC(CCCCc2ccc3c(n2)NCCC3)C1. The van der Waals surface area contributed by atoms with Crippen LogP contribution in [0.3, 0.4) is 0 Å². The van der Waals surface area contributed by atoms with Gasteiger partial charge in [0.2, 0.25) is 0 Å². The molecule has 3 rings (SSSR count). The highest BCUT2D eigenvalue weighted by Gasteiger charge is 2.25. The van der Waals surface area contributed by atoms with Crippen LogP contribution in [0, 0.1) is 5.92 Å². The van der Waals surface area contributed by atoms with E-state index in [-0.39, 0.29) is 6.42 Å². The van der Waals surface area contributed by atoms with Crippen LogP contribution in [0.25, 0.3) is 0 Å². The third-order valence-corrected chi connectivity index (χ3v) is 4.92. The van der Waals surface area contributed by atoms with Crippen molar-refractivity contribution in [2.45, 2.75) is 44.9 Å². The molecule has 0 spiro atoms. The number of unbranched alkanes of at least 4 members (excludes halogenated alkanes) is 1. The molecule has 0 unspecified atom stereocenters. The van der Waals surface area contributed by atoms with Crippen LogP contribution in [0.4, 0.5) is 5.82 Å². The minimum Gasteiger partial charge on any atom is -0.481 e. The molecule has 1 fully saturated rings. The van der Waals surface area contributed by atoms with Gasteiger partial charge in [-0.3, -0.25) is 4.79 Å². The van der Waals surface area contributed by atoms with E-state index in [0.717, 1.165) is 44.2 Å². The summed E-state index contributed by atoms with van der Waals surface area (Å²) in [4.78, 5) is 17.5. The van der Waals surface area contributed by atoms with E-state index in [0.29, 0.717) is 6.54 Å². The van der Waals surface area contributed by atoms with Crippen molar-refractivity contribution in [1.82, 2.24) is 9.88 Å². The molecule has 1 aromatic rings. The van der Waals surface area contributed by atoms with E-state index in [1.165, 1.54) is 36.9 Å². The molecule has 2 N–H and O–H groups in total. The van der Waals surface area contributed by atoms with Gasteiger partial charge < -0.3 is 15.3 Å². The number of rotatable bonds is 8. The van der Waals surface area contributed by atoms with E-state index < -0.39 is 5.97 Å². The van der Waals surface area contributed by atoms with E-state index in [4.69, 9.17) is 10.1 Å². The number of anilines is 1. The second-order valence-corrected chi connectivity index (χ2v) is 6.86. The highest BCUT2D eigenvalue weighted by Crippen LogP contribution is 2.23. The standard InChI is InChI=1S/C18H27N3O2/c22-17(23)9-11-21-12-14(13-21)4-1-2-6-16-8-7-15-5-3-10-19-18(15)20-16/h7-8,14H,1-6,9-13H2,(H,19,20)(H,22,23). The van der Waals surface area contributed by atoms with Crippen LogP contribution in [0.15, 0.2) is 12.1 Å². The Hall–Kier alpha value is -1.62. The molecule has 0 atom stereocenters. The third-order valence-electron chi connectivity index (χ3n) is 4.92. The highest BCUT2D eigenvalue weighted by atomic mass is 16.4. The summed E-state index contributed by atoms with van der Waals surface area (Å²) < 4.78 is 0. The Bertz CT molecular complexity index is 541. The molecule has 2 aliphatic rings. The normalized spacial score (nSPS) is 18.1. The van der Waals surface area contributed by atoms with Crippen molar-refractivity contribution in [2.24, 2.45) is 5.92 Å². The molecule has 2 aliphatic heterocycles. The van der Waals surface area contributed by atoms with E-state index in [2.05, 4.69) is 22.3 Å². The predicted octanol–water partition coefficient (Wildman–Crippen LogP) is 2.56. The number of carboxylic acid groups (broad SMARTS) is 1. The van der Waals surface area contributed by atoms with Crippen LogP contribution in [-0.2, 0) is 17.6 Å². The minimum atomic E-state index is -0.694. The van der Waals surface area contributed by atoms with Gasteiger partial charge in [-0.1, -0.05) is 12.5 Å². The molecule has 0 radical (unpaired) electrons. The number of nitrogens with one attached hydrogen (secondary N) is 1. The summed E-state index contributed by atoms with van der Waals surface area (Å²) in [6.45, 7) is 3.91. The van der Waals surface area contributed by atoms with Crippen LogP contribution < -0.4 is 5.32 Å². The van der Waals surface area contributed by atoms with Gasteiger partial charge in [-0.25, -0.2) is 4.98 Å². The number of nitrogens with zero attached hydrogens (tertiary/aromatic N) is 2. The van der Waals surface area contributed by atoms with Crippen molar-refractivity contribution >= 4 is 11.8 Å². The largest absolute Gasteiger partial charge is 0.481 e.